The summed E-state index contributed by atoms with van der Waals surface area (Å²) in [7, 11) is 0. The molecule has 2 N–H and O–H groups in total. The molecule has 168 valence electrons. The smallest absolute Gasteiger partial charge is 0.251 e. The van der Waals surface area contributed by atoms with Crippen LogP contribution in [0.4, 0.5) is 0 Å². The summed E-state index contributed by atoms with van der Waals surface area (Å²) in [6.45, 7) is 3.84. The van der Waals surface area contributed by atoms with Crippen LogP contribution >= 0.6 is 0 Å². The molecule has 2 aromatic rings. The molecule has 2 aromatic carbocycles. The zero-order valence-electron chi connectivity index (χ0n) is 18.4. The first-order valence-corrected chi connectivity index (χ1v) is 11.6. The van der Waals surface area contributed by atoms with Crippen LogP contribution in [0.15, 0.2) is 48.5 Å². The van der Waals surface area contributed by atoms with Crippen LogP contribution < -0.4 is 10.6 Å². The second kappa shape index (κ2) is 10.6. The van der Waals surface area contributed by atoms with Gasteiger partial charge in [-0.2, -0.15) is 0 Å². The van der Waals surface area contributed by atoms with Gasteiger partial charge in [0.1, 0.15) is 0 Å². The van der Waals surface area contributed by atoms with Gasteiger partial charge < -0.3 is 5.32 Å². The molecule has 0 aromatic heterocycles. The van der Waals surface area contributed by atoms with Gasteiger partial charge in [0, 0.05) is 25.1 Å². The molecule has 2 aliphatic heterocycles. The van der Waals surface area contributed by atoms with Crippen molar-refractivity contribution < 1.29 is 14.4 Å². The molecule has 6 nitrogen and oxygen atoms in total. The molecular weight excluding hydrogens is 402 g/mol. The summed E-state index contributed by atoms with van der Waals surface area (Å²) in [5, 5.41) is 5.30. The highest BCUT2D eigenvalue weighted by Gasteiger charge is 2.30. The van der Waals surface area contributed by atoms with Crippen molar-refractivity contribution in [2.75, 3.05) is 13.1 Å². The third kappa shape index (κ3) is 6.04. The monoisotopic (exact) mass is 433 g/mol. The highest BCUT2D eigenvalue weighted by Crippen LogP contribution is 2.18. The van der Waals surface area contributed by atoms with E-state index in [0.29, 0.717) is 18.5 Å². The van der Waals surface area contributed by atoms with Gasteiger partial charge >= 0.3 is 0 Å². The fourth-order valence-corrected chi connectivity index (χ4v) is 4.45. The second-order valence-corrected chi connectivity index (χ2v) is 8.90. The van der Waals surface area contributed by atoms with Crippen LogP contribution in [0.1, 0.15) is 59.2 Å². The first-order valence-electron chi connectivity index (χ1n) is 11.6. The number of carbonyl (C=O) groups is 3. The summed E-state index contributed by atoms with van der Waals surface area (Å²) in [6, 6.07) is 15.7. The summed E-state index contributed by atoms with van der Waals surface area (Å²) < 4.78 is 0. The molecule has 0 saturated carbocycles. The molecule has 32 heavy (non-hydrogen) atoms. The number of benzene rings is 2. The third-order valence-corrected chi connectivity index (χ3v) is 6.34. The van der Waals surface area contributed by atoms with Crippen molar-refractivity contribution >= 4 is 17.7 Å². The molecule has 1 unspecified atom stereocenters. The van der Waals surface area contributed by atoms with Crippen molar-refractivity contribution in [3.63, 3.8) is 0 Å². The van der Waals surface area contributed by atoms with E-state index in [2.05, 4.69) is 39.8 Å². The Hall–Kier alpha value is -2.99. The van der Waals surface area contributed by atoms with Crippen molar-refractivity contribution in [2.45, 2.75) is 51.6 Å². The van der Waals surface area contributed by atoms with Gasteiger partial charge in [0.05, 0.1) is 5.92 Å². The predicted molar refractivity (Wildman–Crippen MR) is 123 cm³/mol. The van der Waals surface area contributed by atoms with Crippen molar-refractivity contribution in [1.82, 2.24) is 15.5 Å². The average Bonchev–Trinajstić information content (AvgIpc) is 2.96. The number of imide groups is 1. The van der Waals surface area contributed by atoms with Gasteiger partial charge in [-0.05, 0) is 61.2 Å². The summed E-state index contributed by atoms with van der Waals surface area (Å²) >= 11 is 0. The van der Waals surface area contributed by atoms with Crippen LogP contribution in [0, 0.1) is 5.92 Å². The minimum absolute atomic E-state index is 0.126. The number of nitrogens with one attached hydrogen (secondary N) is 2. The van der Waals surface area contributed by atoms with Crippen LogP contribution in [0.2, 0.25) is 0 Å². The van der Waals surface area contributed by atoms with Crippen LogP contribution in [0.5, 0.6) is 0 Å². The number of hydrogen-bond acceptors (Lipinski definition) is 4. The lowest BCUT2D eigenvalue weighted by Crippen LogP contribution is -2.24. The quantitative estimate of drug-likeness (QED) is 0.658. The van der Waals surface area contributed by atoms with E-state index in [4.69, 9.17) is 0 Å². The molecule has 0 radical (unpaired) electrons. The fraction of sp³-hybridized carbons (Fsp3) is 0.423. The minimum Gasteiger partial charge on any atom is -0.348 e. The Bertz CT molecular complexity index is 945. The summed E-state index contributed by atoms with van der Waals surface area (Å²) in [5.74, 6) is -0.872. The highest BCUT2D eigenvalue weighted by molar-refractivity contribution is 6.03. The third-order valence-electron chi connectivity index (χ3n) is 6.34. The van der Waals surface area contributed by atoms with Gasteiger partial charge in [-0.3, -0.25) is 24.6 Å². The van der Waals surface area contributed by atoms with Gasteiger partial charge in [-0.25, -0.2) is 0 Å². The molecule has 2 aliphatic rings. The Balaban J connectivity index is 1.25. The van der Waals surface area contributed by atoms with E-state index in [1.54, 1.807) is 12.1 Å². The SMILES string of the molecule is O=C1CC(Cc2ccc(C(=O)NCc3ccc(CN4CCCCCC4)cc3)cc2)C(=O)N1. The Morgan fingerprint density at radius 2 is 1.50 bits per heavy atom. The van der Waals surface area contributed by atoms with E-state index in [1.165, 1.54) is 44.3 Å². The van der Waals surface area contributed by atoms with E-state index >= 15 is 0 Å². The van der Waals surface area contributed by atoms with Crippen molar-refractivity contribution in [3.05, 3.63) is 70.8 Å². The maximum Gasteiger partial charge on any atom is 0.251 e. The van der Waals surface area contributed by atoms with E-state index in [-0.39, 0.29) is 30.1 Å². The lowest BCUT2D eigenvalue weighted by molar-refractivity contribution is -0.125. The molecule has 1 atom stereocenters. The number of likely N-dealkylation sites (tertiary alicyclic amines) is 1. The summed E-state index contributed by atoms with van der Waals surface area (Å²) in [4.78, 5) is 38.1. The normalized spacial score (nSPS) is 19.4. The number of rotatable bonds is 7. The van der Waals surface area contributed by atoms with Gasteiger partial charge in [0.25, 0.3) is 5.91 Å². The van der Waals surface area contributed by atoms with Gasteiger partial charge in [0.2, 0.25) is 11.8 Å². The Morgan fingerprint density at radius 1 is 0.875 bits per heavy atom. The van der Waals surface area contributed by atoms with Gasteiger partial charge in [0.15, 0.2) is 0 Å². The number of hydrogen-bond donors (Lipinski definition) is 2. The first kappa shape index (κ1) is 22.2. The lowest BCUT2D eigenvalue weighted by Gasteiger charge is -2.19. The van der Waals surface area contributed by atoms with Crippen LogP contribution in [0.25, 0.3) is 0 Å². The van der Waals surface area contributed by atoms with Gasteiger partial charge in [-0.15, -0.1) is 0 Å². The average molecular weight is 434 g/mol. The lowest BCUT2D eigenvalue weighted by atomic mass is 9.97. The van der Waals surface area contributed by atoms with Crippen molar-refractivity contribution in [2.24, 2.45) is 5.92 Å². The molecule has 2 heterocycles. The van der Waals surface area contributed by atoms with Crippen molar-refractivity contribution in [3.8, 4) is 0 Å². The van der Waals surface area contributed by atoms with Crippen LogP contribution in [-0.4, -0.2) is 35.7 Å². The van der Waals surface area contributed by atoms with Crippen LogP contribution in [0.3, 0.4) is 0 Å². The fourth-order valence-electron chi connectivity index (χ4n) is 4.45. The molecule has 6 heteroatoms. The molecule has 0 aliphatic carbocycles. The molecule has 4 rings (SSSR count). The van der Waals surface area contributed by atoms with E-state index in [9.17, 15) is 14.4 Å². The second-order valence-electron chi connectivity index (χ2n) is 8.90. The molecule has 0 spiro atoms. The van der Waals surface area contributed by atoms with E-state index in [1.807, 2.05) is 12.1 Å². The molecule has 2 fully saturated rings. The maximum atomic E-state index is 12.5. The van der Waals surface area contributed by atoms with E-state index < -0.39 is 0 Å². The Labute approximate surface area is 189 Å². The minimum atomic E-state index is -0.315. The molecule has 0 bridgehead atoms. The zero-order chi connectivity index (χ0) is 22.3. The highest BCUT2D eigenvalue weighted by atomic mass is 16.2. The predicted octanol–water partition coefficient (Wildman–Crippen LogP) is 3.20. The molecule has 2 saturated heterocycles. The summed E-state index contributed by atoms with van der Waals surface area (Å²) in [5.41, 5.74) is 3.91. The number of nitrogens with zero attached hydrogens (tertiary/aromatic N) is 1. The molecule has 3 amide bonds. The van der Waals surface area contributed by atoms with Gasteiger partial charge in [-0.1, -0.05) is 49.2 Å². The topological polar surface area (TPSA) is 78.5 Å². The standard InChI is InChI=1S/C26H31N3O3/c30-24-16-23(26(32)28-24)15-19-9-11-22(12-10-19)25(31)27-17-20-5-7-21(8-6-20)18-29-13-3-1-2-4-14-29/h5-12,23H,1-4,13-18H2,(H,27,31)(H,28,30,32). The molecular formula is C26H31N3O3. The van der Waals surface area contributed by atoms with Crippen LogP contribution in [-0.2, 0) is 29.1 Å². The first-order chi connectivity index (χ1) is 15.6. The Kier molecular flexibility index (Phi) is 7.32. The maximum absolute atomic E-state index is 12.5. The largest absolute Gasteiger partial charge is 0.348 e. The summed E-state index contributed by atoms with van der Waals surface area (Å²) in [6.07, 6.45) is 6.01. The zero-order valence-corrected chi connectivity index (χ0v) is 18.4. The number of carbonyl (C=O) groups excluding carboxylic acids is 3. The Morgan fingerprint density at radius 3 is 2.12 bits per heavy atom. The number of amides is 3. The van der Waals surface area contributed by atoms with E-state index in [0.717, 1.165) is 17.7 Å². The van der Waals surface area contributed by atoms with Crippen molar-refractivity contribution in [1.29, 1.82) is 0 Å².